The summed E-state index contributed by atoms with van der Waals surface area (Å²) in [6.07, 6.45) is 2.44. The smallest absolute Gasteiger partial charge is 0.305 e. The molecule has 0 saturated carbocycles. The quantitative estimate of drug-likeness (QED) is 0.807. The van der Waals surface area contributed by atoms with Crippen LogP contribution in [0.15, 0.2) is 24.3 Å². The van der Waals surface area contributed by atoms with Gasteiger partial charge < -0.3 is 10.1 Å². The van der Waals surface area contributed by atoms with E-state index in [4.69, 9.17) is 0 Å². The van der Waals surface area contributed by atoms with E-state index in [0.29, 0.717) is 12.3 Å². The number of benzene rings is 1. The Morgan fingerprint density at radius 1 is 1.41 bits per heavy atom. The summed E-state index contributed by atoms with van der Waals surface area (Å²) < 4.78 is 4.63. The van der Waals surface area contributed by atoms with Crippen molar-refractivity contribution in [2.45, 2.75) is 25.2 Å². The molecule has 0 aromatic heterocycles. The molecule has 3 nitrogen and oxygen atoms in total. The van der Waals surface area contributed by atoms with Gasteiger partial charge in [0.05, 0.1) is 7.11 Å². The van der Waals surface area contributed by atoms with E-state index in [0.717, 1.165) is 19.5 Å². The fraction of sp³-hybridized carbons (Fsp3) is 0.500. The number of aryl methyl sites for hydroxylation is 1. The minimum Gasteiger partial charge on any atom is -0.469 e. The monoisotopic (exact) mass is 233 g/mol. The van der Waals surface area contributed by atoms with Gasteiger partial charge in [0.2, 0.25) is 0 Å². The normalized spacial score (nSPS) is 19.2. The first-order valence-electron chi connectivity index (χ1n) is 6.16. The summed E-state index contributed by atoms with van der Waals surface area (Å²) in [5.41, 5.74) is 2.60. The minimum atomic E-state index is -0.144. The molecule has 1 aromatic rings. The van der Waals surface area contributed by atoms with Crippen LogP contribution in [0.1, 0.15) is 29.9 Å². The molecule has 17 heavy (non-hydrogen) atoms. The first-order chi connectivity index (χ1) is 8.29. The maximum absolute atomic E-state index is 11.0. The van der Waals surface area contributed by atoms with Crippen LogP contribution in [0.3, 0.4) is 0 Å². The number of hydrogen-bond donors (Lipinski definition) is 1. The van der Waals surface area contributed by atoms with Gasteiger partial charge in [0.15, 0.2) is 0 Å². The molecule has 1 aliphatic heterocycles. The number of esters is 1. The van der Waals surface area contributed by atoms with E-state index < -0.39 is 0 Å². The van der Waals surface area contributed by atoms with E-state index in [2.05, 4.69) is 34.3 Å². The standard InChI is InChI=1S/C14H19NO2/c1-17-14(16)7-4-11-2-5-12(6-3-11)13-8-9-15-10-13/h2-3,5-6,13,15H,4,7-10H2,1H3. The van der Waals surface area contributed by atoms with Crippen molar-refractivity contribution >= 4 is 5.97 Å². The van der Waals surface area contributed by atoms with Crippen LogP contribution < -0.4 is 5.32 Å². The van der Waals surface area contributed by atoms with Crippen LogP contribution in [0.5, 0.6) is 0 Å². The third-order valence-corrected chi connectivity index (χ3v) is 3.36. The molecular formula is C14H19NO2. The number of carbonyl (C=O) groups excluding carboxylic acids is 1. The highest BCUT2D eigenvalue weighted by Gasteiger charge is 2.15. The van der Waals surface area contributed by atoms with Gasteiger partial charge >= 0.3 is 5.97 Å². The SMILES string of the molecule is COC(=O)CCc1ccc(C2CCNC2)cc1. The molecule has 1 aromatic carbocycles. The molecule has 0 bridgehead atoms. The Kier molecular flexibility index (Phi) is 4.15. The molecule has 0 spiro atoms. The summed E-state index contributed by atoms with van der Waals surface area (Å²) >= 11 is 0. The van der Waals surface area contributed by atoms with Crippen molar-refractivity contribution in [3.05, 3.63) is 35.4 Å². The Morgan fingerprint density at radius 2 is 2.18 bits per heavy atom. The molecule has 0 radical (unpaired) electrons. The van der Waals surface area contributed by atoms with Gasteiger partial charge in [0.1, 0.15) is 0 Å². The van der Waals surface area contributed by atoms with E-state index in [9.17, 15) is 4.79 Å². The summed E-state index contributed by atoms with van der Waals surface area (Å²) in [6, 6.07) is 8.61. The average Bonchev–Trinajstić information content (AvgIpc) is 2.90. The third-order valence-electron chi connectivity index (χ3n) is 3.36. The van der Waals surface area contributed by atoms with Gasteiger partial charge in [-0.3, -0.25) is 4.79 Å². The number of carbonyl (C=O) groups is 1. The van der Waals surface area contributed by atoms with Crippen LogP contribution in [0.25, 0.3) is 0 Å². The number of nitrogens with one attached hydrogen (secondary N) is 1. The van der Waals surface area contributed by atoms with E-state index in [-0.39, 0.29) is 5.97 Å². The molecule has 2 rings (SSSR count). The highest BCUT2D eigenvalue weighted by Crippen LogP contribution is 2.22. The summed E-state index contributed by atoms with van der Waals surface area (Å²) in [6.45, 7) is 2.20. The Labute approximate surface area is 102 Å². The molecule has 1 heterocycles. The van der Waals surface area contributed by atoms with Crippen LogP contribution in [0.4, 0.5) is 0 Å². The lowest BCUT2D eigenvalue weighted by molar-refractivity contribution is -0.140. The fourth-order valence-corrected chi connectivity index (χ4v) is 2.24. The summed E-state index contributed by atoms with van der Waals surface area (Å²) in [5.74, 6) is 0.513. The Bertz CT molecular complexity index is 366. The Balaban J connectivity index is 1.90. The maximum atomic E-state index is 11.0. The van der Waals surface area contributed by atoms with Crippen molar-refractivity contribution in [3.63, 3.8) is 0 Å². The minimum absolute atomic E-state index is 0.144. The zero-order chi connectivity index (χ0) is 12.1. The predicted molar refractivity (Wildman–Crippen MR) is 67.0 cm³/mol. The van der Waals surface area contributed by atoms with E-state index in [1.165, 1.54) is 24.7 Å². The second-order valence-electron chi connectivity index (χ2n) is 4.51. The average molecular weight is 233 g/mol. The lowest BCUT2D eigenvalue weighted by atomic mass is 9.96. The molecule has 1 saturated heterocycles. The first kappa shape index (κ1) is 12.1. The van der Waals surface area contributed by atoms with Crippen LogP contribution in [-0.4, -0.2) is 26.2 Å². The molecule has 1 fully saturated rings. The van der Waals surface area contributed by atoms with Gasteiger partial charge in [-0.25, -0.2) is 0 Å². The van der Waals surface area contributed by atoms with E-state index in [1.54, 1.807) is 0 Å². The lowest BCUT2D eigenvalue weighted by Crippen LogP contribution is -2.08. The summed E-state index contributed by atoms with van der Waals surface area (Å²) in [7, 11) is 1.43. The van der Waals surface area contributed by atoms with Crippen molar-refractivity contribution in [2.75, 3.05) is 20.2 Å². The topological polar surface area (TPSA) is 38.3 Å². The number of methoxy groups -OCH3 is 1. The second-order valence-corrected chi connectivity index (χ2v) is 4.51. The van der Waals surface area contributed by atoms with Crippen molar-refractivity contribution in [1.82, 2.24) is 5.32 Å². The van der Waals surface area contributed by atoms with Crippen molar-refractivity contribution in [3.8, 4) is 0 Å². The number of ether oxygens (including phenoxy) is 1. The summed E-state index contributed by atoms with van der Waals surface area (Å²) in [5, 5.41) is 3.37. The lowest BCUT2D eigenvalue weighted by Gasteiger charge is -2.09. The molecule has 0 aliphatic carbocycles. The van der Waals surface area contributed by atoms with Gasteiger partial charge in [0.25, 0.3) is 0 Å². The van der Waals surface area contributed by atoms with Crippen molar-refractivity contribution in [1.29, 1.82) is 0 Å². The molecule has 1 N–H and O–H groups in total. The van der Waals surface area contributed by atoms with Crippen LogP contribution in [0.2, 0.25) is 0 Å². The van der Waals surface area contributed by atoms with Gasteiger partial charge in [-0.05, 0) is 36.4 Å². The van der Waals surface area contributed by atoms with Gasteiger partial charge in [-0.2, -0.15) is 0 Å². The first-order valence-corrected chi connectivity index (χ1v) is 6.16. The van der Waals surface area contributed by atoms with Crippen molar-refractivity contribution in [2.24, 2.45) is 0 Å². The largest absolute Gasteiger partial charge is 0.469 e. The Morgan fingerprint density at radius 3 is 2.76 bits per heavy atom. The second kappa shape index (κ2) is 5.82. The van der Waals surface area contributed by atoms with Crippen LogP contribution in [0, 0.1) is 0 Å². The highest BCUT2D eigenvalue weighted by atomic mass is 16.5. The van der Waals surface area contributed by atoms with Gasteiger partial charge in [-0.15, -0.1) is 0 Å². The molecule has 1 atom stereocenters. The summed E-state index contributed by atoms with van der Waals surface area (Å²) in [4.78, 5) is 11.0. The van der Waals surface area contributed by atoms with Gasteiger partial charge in [0, 0.05) is 13.0 Å². The number of rotatable bonds is 4. The van der Waals surface area contributed by atoms with Crippen LogP contribution in [-0.2, 0) is 16.0 Å². The highest BCUT2D eigenvalue weighted by molar-refractivity contribution is 5.69. The van der Waals surface area contributed by atoms with Gasteiger partial charge in [-0.1, -0.05) is 24.3 Å². The molecule has 1 unspecified atom stereocenters. The molecule has 92 valence electrons. The zero-order valence-electron chi connectivity index (χ0n) is 10.2. The Hall–Kier alpha value is -1.35. The molecule has 1 aliphatic rings. The zero-order valence-corrected chi connectivity index (χ0v) is 10.2. The van der Waals surface area contributed by atoms with E-state index >= 15 is 0 Å². The van der Waals surface area contributed by atoms with Crippen molar-refractivity contribution < 1.29 is 9.53 Å². The van der Waals surface area contributed by atoms with Crippen LogP contribution >= 0.6 is 0 Å². The number of hydrogen-bond acceptors (Lipinski definition) is 3. The molecule has 0 amide bonds. The molecule has 3 heteroatoms. The fourth-order valence-electron chi connectivity index (χ4n) is 2.24. The third kappa shape index (κ3) is 3.30. The van der Waals surface area contributed by atoms with E-state index in [1.807, 2.05) is 0 Å². The maximum Gasteiger partial charge on any atom is 0.305 e. The predicted octanol–water partition coefficient (Wildman–Crippen LogP) is 1.87. The molecular weight excluding hydrogens is 214 g/mol.